The predicted octanol–water partition coefficient (Wildman–Crippen LogP) is 6.25. The van der Waals surface area contributed by atoms with E-state index in [0.29, 0.717) is 6.42 Å². The lowest BCUT2D eigenvalue weighted by atomic mass is 10.0. The average molecular weight is 367 g/mol. The minimum atomic E-state index is -0.848. The molecular formula is C22H38O4. The van der Waals surface area contributed by atoms with Crippen molar-refractivity contribution < 1.29 is 19.1 Å². The Balaban J connectivity index is 3.59. The monoisotopic (exact) mass is 366 g/mol. The highest BCUT2D eigenvalue weighted by Gasteiger charge is 2.15. The molecule has 26 heavy (non-hydrogen) atoms. The van der Waals surface area contributed by atoms with E-state index in [1.54, 1.807) is 0 Å². The Bertz CT molecular complexity index is 368. The Labute approximate surface area is 160 Å². The quantitative estimate of drug-likeness (QED) is 0.124. The third kappa shape index (κ3) is 15.9. The summed E-state index contributed by atoms with van der Waals surface area (Å²) in [5.74, 6) is -1.16. The van der Waals surface area contributed by atoms with E-state index in [0.717, 1.165) is 31.4 Å². The van der Waals surface area contributed by atoms with Crippen LogP contribution in [0.15, 0.2) is 25.3 Å². The third-order valence-corrected chi connectivity index (χ3v) is 4.37. The highest BCUT2D eigenvalue weighted by molar-refractivity contribution is 5.82. The lowest BCUT2D eigenvalue weighted by Crippen LogP contribution is -2.23. The summed E-state index contributed by atoms with van der Waals surface area (Å²) in [6, 6.07) is 0. The molecule has 0 aromatic rings. The SMILES string of the molecule is C=CC(=O)OC(CCCCCCCCCCCCCCC)OC(=O)C=C. The average Bonchev–Trinajstić information content (AvgIpc) is 2.64. The van der Waals surface area contributed by atoms with E-state index in [4.69, 9.17) is 9.47 Å². The van der Waals surface area contributed by atoms with Crippen molar-refractivity contribution in [2.24, 2.45) is 0 Å². The Morgan fingerprint density at radius 3 is 1.38 bits per heavy atom. The van der Waals surface area contributed by atoms with E-state index < -0.39 is 18.2 Å². The standard InChI is InChI=1S/C22H38O4/c1-4-7-8-9-10-11-12-13-14-15-16-17-18-19-22(25-20(23)5-2)26-21(24)6-3/h5-6,22H,2-4,7-19H2,1H3. The molecule has 0 aliphatic rings. The van der Waals surface area contributed by atoms with Crippen LogP contribution in [0.2, 0.25) is 0 Å². The van der Waals surface area contributed by atoms with Gasteiger partial charge in [-0.1, -0.05) is 97.1 Å². The summed E-state index contributed by atoms with van der Waals surface area (Å²) in [6.45, 7) is 8.95. The number of carbonyl (C=O) groups is 2. The van der Waals surface area contributed by atoms with Crippen LogP contribution in [0.3, 0.4) is 0 Å². The Kier molecular flexibility index (Phi) is 17.1. The first-order valence-corrected chi connectivity index (χ1v) is 10.3. The second-order valence-corrected chi connectivity index (χ2v) is 6.74. The molecule has 0 amide bonds. The lowest BCUT2D eigenvalue weighted by Gasteiger charge is -2.16. The first-order chi connectivity index (χ1) is 12.6. The zero-order chi connectivity index (χ0) is 19.5. The maximum Gasteiger partial charge on any atom is 0.333 e. The molecule has 4 nitrogen and oxygen atoms in total. The fourth-order valence-corrected chi connectivity index (χ4v) is 2.83. The minimum Gasteiger partial charge on any atom is -0.422 e. The second kappa shape index (κ2) is 18.2. The number of hydrogen-bond acceptors (Lipinski definition) is 4. The molecule has 0 aliphatic heterocycles. The van der Waals surface area contributed by atoms with Gasteiger partial charge >= 0.3 is 11.9 Å². The third-order valence-electron chi connectivity index (χ3n) is 4.37. The van der Waals surface area contributed by atoms with Crippen LogP contribution >= 0.6 is 0 Å². The van der Waals surface area contributed by atoms with E-state index >= 15 is 0 Å². The van der Waals surface area contributed by atoms with Gasteiger partial charge in [0.2, 0.25) is 6.29 Å². The van der Waals surface area contributed by atoms with Gasteiger partial charge in [-0.05, 0) is 6.42 Å². The number of ether oxygens (including phenoxy) is 2. The largest absolute Gasteiger partial charge is 0.422 e. The van der Waals surface area contributed by atoms with E-state index in [1.165, 1.54) is 64.2 Å². The molecule has 0 spiro atoms. The van der Waals surface area contributed by atoms with Gasteiger partial charge in [0.25, 0.3) is 0 Å². The molecule has 0 radical (unpaired) electrons. The summed E-state index contributed by atoms with van der Waals surface area (Å²) in [4.78, 5) is 22.5. The highest BCUT2D eigenvalue weighted by Crippen LogP contribution is 2.14. The van der Waals surface area contributed by atoms with Gasteiger partial charge in [-0.25, -0.2) is 9.59 Å². The number of esters is 2. The van der Waals surface area contributed by atoms with Crippen LogP contribution in [0.1, 0.15) is 96.8 Å². The number of unbranched alkanes of at least 4 members (excludes halogenated alkanes) is 12. The first-order valence-electron chi connectivity index (χ1n) is 10.3. The highest BCUT2D eigenvalue weighted by atomic mass is 16.7. The maximum absolute atomic E-state index is 11.3. The molecule has 0 saturated heterocycles. The van der Waals surface area contributed by atoms with Crippen molar-refractivity contribution in [3.8, 4) is 0 Å². The molecule has 0 saturated carbocycles. The molecule has 150 valence electrons. The Morgan fingerprint density at radius 2 is 1.04 bits per heavy atom. The fourth-order valence-electron chi connectivity index (χ4n) is 2.83. The van der Waals surface area contributed by atoms with E-state index in [-0.39, 0.29) is 0 Å². The van der Waals surface area contributed by atoms with Crippen molar-refractivity contribution in [1.82, 2.24) is 0 Å². The number of hydrogen-bond donors (Lipinski definition) is 0. The zero-order valence-electron chi connectivity index (χ0n) is 16.7. The van der Waals surface area contributed by atoms with Crippen molar-refractivity contribution >= 4 is 11.9 Å². The van der Waals surface area contributed by atoms with E-state index in [9.17, 15) is 9.59 Å². The van der Waals surface area contributed by atoms with Crippen molar-refractivity contribution in [1.29, 1.82) is 0 Å². The minimum absolute atomic E-state index is 0.511. The van der Waals surface area contributed by atoms with Crippen molar-refractivity contribution in [2.45, 2.75) is 103 Å². The van der Waals surface area contributed by atoms with E-state index in [2.05, 4.69) is 20.1 Å². The van der Waals surface area contributed by atoms with Crippen molar-refractivity contribution in [3.63, 3.8) is 0 Å². The summed E-state index contributed by atoms with van der Waals surface area (Å²) >= 11 is 0. The van der Waals surface area contributed by atoms with Crippen LogP contribution in [0.4, 0.5) is 0 Å². The Morgan fingerprint density at radius 1 is 0.692 bits per heavy atom. The summed E-state index contributed by atoms with van der Waals surface area (Å²) in [7, 11) is 0. The molecule has 0 aromatic carbocycles. The molecule has 0 bridgehead atoms. The number of carbonyl (C=O) groups excluding carboxylic acids is 2. The summed E-state index contributed by atoms with van der Waals surface area (Å²) < 4.78 is 10.1. The van der Waals surface area contributed by atoms with Gasteiger partial charge in [-0.2, -0.15) is 0 Å². The molecule has 4 heteroatoms. The van der Waals surface area contributed by atoms with Crippen LogP contribution in [0, 0.1) is 0 Å². The zero-order valence-corrected chi connectivity index (χ0v) is 16.7. The second-order valence-electron chi connectivity index (χ2n) is 6.74. The van der Waals surface area contributed by atoms with Crippen LogP contribution in [0.25, 0.3) is 0 Å². The van der Waals surface area contributed by atoms with Gasteiger partial charge in [0, 0.05) is 18.6 Å². The molecule has 0 aliphatic carbocycles. The van der Waals surface area contributed by atoms with Crippen molar-refractivity contribution in [3.05, 3.63) is 25.3 Å². The first kappa shape index (κ1) is 24.4. The predicted molar refractivity (Wildman–Crippen MR) is 107 cm³/mol. The topological polar surface area (TPSA) is 52.6 Å². The Hall–Kier alpha value is -1.58. The fraction of sp³-hybridized carbons (Fsp3) is 0.727. The molecule has 0 unspecified atom stereocenters. The summed E-state index contributed by atoms with van der Waals surface area (Å²) in [5.41, 5.74) is 0. The normalized spacial score (nSPS) is 10.5. The lowest BCUT2D eigenvalue weighted by molar-refractivity contribution is -0.182. The van der Waals surface area contributed by atoms with Gasteiger partial charge in [0.1, 0.15) is 0 Å². The van der Waals surface area contributed by atoms with Crippen LogP contribution in [-0.4, -0.2) is 18.2 Å². The summed E-state index contributed by atoms with van der Waals surface area (Å²) in [6.07, 6.45) is 18.3. The molecule has 0 heterocycles. The number of rotatable bonds is 18. The van der Waals surface area contributed by atoms with Gasteiger partial charge in [-0.15, -0.1) is 0 Å². The van der Waals surface area contributed by atoms with Gasteiger partial charge in [-0.3, -0.25) is 0 Å². The van der Waals surface area contributed by atoms with Gasteiger partial charge < -0.3 is 9.47 Å². The molecule has 0 fully saturated rings. The van der Waals surface area contributed by atoms with Gasteiger partial charge in [0.05, 0.1) is 0 Å². The van der Waals surface area contributed by atoms with Crippen LogP contribution in [-0.2, 0) is 19.1 Å². The van der Waals surface area contributed by atoms with Crippen LogP contribution in [0.5, 0.6) is 0 Å². The molecule has 0 aromatic heterocycles. The smallest absolute Gasteiger partial charge is 0.333 e. The van der Waals surface area contributed by atoms with E-state index in [1.807, 2.05) is 0 Å². The molecule has 0 atom stereocenters. The summed E-state index contributed by atoms with van der Waals surface area (Å²) in [5, 5.41) is 0. The maximum atomic E-state index is 11.3. The van der Waals surface area contributed by atoms with Gasteiger partial charge in [0.15, 0.2) is 0 Å². The van der Waals surface area contributed by atoms with Crippen LogP contribution < -0.4 is 0 Å². The molecule has 0 N–H and O–H groups in total. The molecular weight excluding hydrogens is 328 g/mol. The molecule has 0 rings (SSSR count). The van der Waals surface area contributed by atoms with Crippen molar-refractivity contribution in [2.75, 3.05) is 0 Å².